The van der Waals surface area contributed by atoms with Gasteiger partial charge >= 0.3 is 0 Å². The minimum Gasteiger partial charge on any atom is -0.469 e. The minimum absolute atomic E-state index is 0.0132. The molecule has 0 atom stereocenters. The van der Waals surface area contributed by atoms with Crippen molar-refractivity contribution in [3.63, 3.8) is 0 Å². The fraction of sp³-hybridized carbons (Fsp3) is 0.0909. The first-order valence-electron chi connectivity index (χ1n) is 4.42. The van der Waals surface area contributed by atoms with Crippen molar-refractivity contribution < 1.29 is 9.21 Å². The molecule has 2 heterocycles. The summed E-state index contributed by atoms with van der Waals surface area (Å²) in [5.41, 5.74) is 0.626. The Morgan fingerprint density at radius 2 is 2.33 bits per heavy atom. The zero-order valence-corrected chi connectivity index (χ0v) is 9.40. The minimum atomic E-state index is 0.0132. The molecule has 0 aliphatic rings. The third-order valence-corrected chi connectivity index (χ3v) is 2.62. The van der Waals surface area contributed by atoms with Crippen LogP contribution in [0.15, 0.2) is 45.7 Å². The highest BCUT2D eigenvalue weighted by atomic mass is 79.9. The van der Waals surface area contributed by atoms with Crippen molar-refractivity contribution in [1.29, 1.82) is 0 Å². The highest BCUT2D eigenvalue weighted by Crippen LogP contribution is 2.17. The molecular weight excluding hydrogens is 258 g/mol. The molecule has 0 aliphatic heterocycles. The molecule has 0 spiro atoms. The van der Waals surface area contributed by atoms with Crippen LogP contribution in [0, 0.1) is 0 Å². The van der Waals surface area contributed by atoms with Crippen LogP contribution in [-0.2, 0) is 6.42 Å². The molecule has 76 valence electrons. The number of aromatic nitrogens is 1. The number of ketones is 1. The molecular formula is C11H8BrNO2. The molecule has 0 amide bonds. The lowest BCUT2D eigenvalue weighted by Crippen LogP contribution is -2.03. The summed E-state index contributed by atoms with van der Waals surface area (Å²) in [6, 6.07) is 5.24. The Balaban J connectivity index is 2.19. The average Bonchev–Trinajstić information content (AvgIpc) is 2.71. The summed E-state index contributed by atoms with van der Waals surface area (Å²) in [6.45, 7) is 0. The Morgan fingerprint density at radius 1 is 1.47 bits per heavy atom. The number of carbonyl (C=O) groups excluding carboxylic acids is 1. The van der Waals surface area contributed by atoms with Crippen molar-refractivity contribution in [2.75, 3.05) is 0 Å². The van der Waals surface area contributed by atoms with E-state index in [1.165, 1.54) is 0 Å². The van der Waals surface area contributed by atoms with Crippen LogP contribution < -0.4 is 0 Å². The van der Waals surface area contributed by atoms with Crippen molar-refractivity contribution in [2.45, 2.75) is 6.42 Å². The standard InChI is InChI=1S/C11H8BrNO2/c12-10-7-13-4-3-9(10)11(14)6-8-2-1-5-15-8/h1-5,7H,6H2. The predicted molar refractivity (Wildman–Crippen MR) is 58.7 cm³/mol. The number of furan rings is 1. The van der Waals surface area contributed by atoms with Gasteiger partial charge in [0.25, 0.3) is 0 Å². The van der Waals surface area contributed by atoms with E-state index in [1.807, 2.05) is 0 Å². The van der Waals surface area contributed by atoms with Gasteiger partial charge in [0.1, 0.15) is 5.76 Å². The van der Waals surface area contributed by atoms with E-state index in [-0.39, 0.29) is 12.2 Å². The number of Topliss-reactive ketones (excluding diaryl/α,β-unsaturated/α-hetero) is 1. The van der Waals surface area contributed by atoms with Crippen LogP contribution in [0.1, 0.15) is 16.1 Å². The van der Waals surface area contributed by atoms with E-state index in [0.29, 0.717) is 15.8 Å². The second kappa shape index (κ2) is 4.40. The summed E-state index contributed by atoms with van der Waals surface area (Å²) in [4.78, 5) is 15.7. The number of nitrogens with zero attached hydrogens (tertiary/aromatic N) is 1. The predicted octanol–water partition coefficient (Wildman–Crippen LogP) is 2.86. The second-order valence-electron chi connectivity index (χ2n) is 3.03. The van der Waals surface area contributed by atoms with Crippen LogP contribution in [0.3, 0.4) is 0 Å². The maximum absolute atomic E-state index is 11.8. The van der Waals surface area contributed by atoms with E-state index < -0.39 is 0 Å². The van der Waals surface area contributed by atoms with Crippen LogP contribution >= 0.6 is 15.9 Å². The van der Waals surface area contributed by atoms with E-state index in [4.69, 9.17) is 4.42 Å². The van der Waals surface area contributed by atoms with E-state index in [1.54, 1.807) is 36.9 Å². The normalized spacial score (nSPS) is 10.2. The molecule has 2 aromatic rings. The molecule has 0 saturated carbocycles. The third-order valence-electron chi connectivity index (χ3n) is 1.99. The van der Waals surface area contributed by atoms with E-state index in [9.17, 15) is 4.79 Å². The largest absolute Gasteiger partial charge is 0.469 e. The molecule has 0 bridgehead atoms. The Morgan fingerprint density at radius 3 is 3.00 bits per heavy atom. The van der Waals surface area contributed by atoms with E-state index in [2.05, 4.69) is 20.9 Å². The maximum Gasteiger partial charge on any atom is 0.171 e. The van der Waals surface area contributed by atoms with Crippen molar-refractivity contribution in [3.8, 4) is 0 Å². The Labute approximate surface area is 95.3 Å². The van der Waals surface area contributed by atoms with Gasteiger partial charge in [0.2, 0.25) is 0 Å². The Kier molecular flexibility index (Phi) is 2.97. The van der Waals surface area contributed by atoms with Crippen molar-refractivity contribution >= 4 is 21.7 Å². The monoisotopic (exact) mass is 265 g/mol. The Hall–Kier alpha value is -1.42. The van der Waals surface area contributed by atoms with Crippen LogP contribution in [-0.4, -0.2) is 10.8 Å². The van der Waals surface area contributed by atoms with Gasteiger partial charge in [0, 0.05) is 22.4 Å². The van der Waals surface area contributed by atoms with Gasteiger partial charge in [-0.2, -0.15) is 0 Å². The fourth-order valence-electron chi connectivity index (χ4n) is 1.27. The number of hydrogen-bond acceptors (Lipinski definition) is 3. The average molecular weight is 266 g/mol. The lowest BCUT2D eigenvalue weighted by atomic mass is 10.1. The molecule has 0 N–H and O–H groups in total. The summed E-state index contributed by atoms with van der Waals surface area (Å²) in [6.07, 6.45) is 5.04. The quantitative estimate of drug-likeness (QED) is 0.802. The number of rotatable bonds is 3. The zero-order valence-electron chi connectivity index (χ0n) is 7.81. The molecule has 0 unspecified atom stereocenters. The summed E-state index contributed by atoms with van der Waals surface area (Å²) in [5, 5.41) is 0. The summed E-state index contributed by atoms with van der Waals surface area (Å²) >= 11 is 3.29. The Bertz CT molecular complexity index is 465. The van der Waals surface area contributed by atoms with Gasteiger partial charge < -0.3 is 4.42 Å². The van der Waals surface area contributed by atoms with Gasteiger partial charge in [0.05, 0.1) is 12.7 Å². The number of halogens is 1. The van der Waals surface area contributed by atoms with Crippen LogP contribution in [0.5, 0.6) is 0 Å². The SMILES string of the molecule is O=C(Cc1ccco1)c1ccncc1Br. The van der Waals surface area contributed by atoms with Gasteiger partial charge in [-0.05, 0) is 34.1 Å². The summed E-state index contributed by atoms with van der Waals surface area (Å²) in [5.74, 6) is 0.683. The first-order valence-corrected chi connectivity index (χ1v) is 5.22. The maximum atomic E-state index is 11.8. The lowest BCUT2D eigenvalue weighted by Gasteiger charge is -2.00. The summed E-state index contributed by atoms with van der Waals surface area (Å²) in [7, 11) is 0. The van der Waals surface area contributed by atoms with Crippen LogP contribution in [0.4, 0.5) is 0 Å². The van der Waals surface area contributed by atoms with Gasteiger partial charge in [-0.15, -0.1) is 0 Å². The molecule has 3 nitrogen and oxygen atoms in total. The number of carbonyl (C=O) groups is 1. The van der Waals surface area contributed by atoms with Gasteiger partial charge in [-0.1, -0.05) is 0 Å². The van der Waals surface area contributed by atoms with Gasteiger partial charge in [-0.25, -0.2) is 0 Å². The van der Waals surface area contributed by atoms with Crippen LogP contribution in [0.2, 0.25) is 0 Å². The first-order chi connectivity index (χ1) is 7.27. The van der Waals surface area contributed by atoms with Gasteiger partial charge in [-0.3, -0.25) is 9.78 Å². The number of pyridine rings is 1. The molecule has 0 aromatic carbocycles. The molecule has 4 heteroatoms. The smallest absolute Gasteiger partial charge is 0.171 e. The number of hydrogen-bond donors (Lipinski definition) is 0. The molecule has 0 radical (unpaired) electrons. The zero-order chi connectivity index (χ0) is 10.7. The second-order valence-corrected chi connectivity index (χ2v) is 3.89. The van der Waals surface area contributed by atoms with E-state index >= 15 is 0 Å². The molecule has 0 fully saturated rings. The van der Waals surface area contributed by atoms with E-state index in [0.717, 1.165) is 0 Å². The lowest BCUT2D eigenvalue weighted by molar-refractivity contribution is 0.0986. The first kappa shape index (κ1) is 10.1. The highest BCUT2D eigenvalue weighted by Gasteiger charge is 2.11. The molecule has 15 heavy (non-hydrogen) atoms. The summed E-state index contributed by atoms with van der Waals surface area (Å²) < 4.78 is 5.82. The van der Waals surface area contributed by atoms with Crippen molar-refractivity contribution in [2.24, 2.45) is 0 Å². The third kappa shape index (κ3) is 2.33. The van der Waals surface area contributed by atoms with Gasteiger partial charge in [0.15, 0.2) is 5.78 Å². The molecule has 2 rings (SSSR count). The molecule has 2 aromatic heterocycles. The molecule has 0 saturated heterocycles. The molecule has 0 aliphatic carbocycles. The van der Waals surface area contributed by atoms with Crippen molar-refractivity contribution in [1.82, 2.24) is 4.98 Å². The fourth-order valence-corrected chi connectivity index (χ4v) is 1.74. The van der Waals surface area contributed by atoms with Crippen LogP contribution in [0.25, 0.3) is 0 Å². The van der Waals surface area contributed by atoms with Crippen molar-refractivity contribution in [3.05, 3.63) is 52.7 Å². The topological polar surface area (TPSA) is 43.1 Å². The highest BCUT2D eigenvalue weighted by molar-refractivity contribution is 9.10.